The van der Waals surface area contributed by atoms with Gasteiger partial charge < -0.3 is 10.1 Å². The number of halogens is 1. The van der Waals surface area contributed by atoms with Gasteiger partial charge in [-0.3, -0.25) is 4.79 Å². The quantitative estimate of drug-likeness (QED) is 0.627. The van der Waals surface area contributed by atoms with E-state index in [0.717, 1.165) is 0 Å². The minimum Gasteiger partial charge on any atom is -0.383 e. The molecular weight excluding hydrogens is 216 g/mol. The van der Waals surface area contributed by atoms with Crippen LogP contribution < -0.4 is 5.32 Å². The molecule has 5 heteroatoms. The molecule has 0 bridgehead atoms. The van der Waals surface area contributed by atoms with Crippen LogP contribution in [0, 0.1) is 6.92 Å². The Morgan fingerprint density at radius 2 is 2.33 bits per heavy atom. The van der Waals surface area contributed by atoms with E-state index in [0.29, 0.717) is 29.6 Å². The molecular formula is C10H13ClN2O2. The van der Waals surface area contributed by atoms with Crippen LogP contribution in [-0.2, 0) is 4.74 Å². The average Bonchev–Trinajstić information content (AvgIpc) is 2.17. The Balaban J connectivity index is 2.65. The SMILES string of the molecule is COCCNC(=O)c1ccc(Cl)nc1C. The molecule has 0 atom stereocenters. The summed E-state index contributed by atoms with van der Waals surface area (Å²) in [7, 11) is 1.58. The van der Waals surface area contributed by atoms with Gasteiger partial charge in [0.25, 0.3) is 5.91 Å². The van der Waals surface area contributed by atoms with E-state index in [1.807, 2.05) is 0 Å². The van der Waals surface area contributed by atoms with Gasteiger partial charge in [-0.25, -0.2) is 4.98 Å². The van der Waals surface area contributed by atoms with Crippen LogP contribution in [0.25, 0.3) is 0 Å². The first-order valence-electron chi connectivity index (χ1n) is 4.55. The lowest BCUT2D eigenvalue weighted by molar-refractivity contribution is 0.0936. The van der Waals surface area contributed by atoms with Gasteiger partial charge in [0.2, 0.25) is 0 Å². The number of methoxy groups -OCH3 is 1. The van der Waals surface area contributed by atoms with Crippen molar-refractivity contribution >= 4 is 17.5 Å². The Morgan fingerprint density at radius 1 is 1.60 bits per heavy atom. The fraction of sp³-hybridized carbons (Fsp3) is 0.400. The van der Waals surface area contributed by atoms with Gasteiger partial charge in [-0.15, -0.1) is 0 Å². The van der Waals surface area contributed by atoms with Crippen molar-refractivity contribution in [3.63, 3.8) is 0 Å². The molecule has 0 unspecified atom stereocenters. The van der Waals surface area contributed by atoms with Crippen molar-refractivity contribution in [3.05, 3.63) is 28.5 Å². The minimum atomic E-state index is -0.159. The molecule has 0 aliphatic carbocycles. The molecule has 15 heavy (non-hydrogen) atoms. The van der Waals surface area contributed by atoms with Gasteiger partial charge >= 0.3 is 0 Å². The summed E-state index contributed by atoms with van der Waals surface area (Å²) in [5.74, 6) is -0.159. The maximum Gasteiger partial charge on any atom is 0.253 e. The van der Waals surface area contributed by atoms with Crippen molar-refractivity contribution in [3.8, 4) is 0 Å². The number of nitrogens with one attached hydrogen (secondary N) is 1. The molecule has 0 spiro atoms. The Bertz CT molecular complexity index is 355. The average molecular weight is 229 g/mol. The van der Waals surface area contributed by atoms with E-state index < -0.39 is 0 Å². The lowest BCUT2D eigenvalue weighted by Gasteiger charge is -2.06. The second-order valence-electron chi connectivity index (χ2n) is 3.02. The predicted octanol–water partition coefficient (Wildman–Crippen LogP) is 1.42. The Hall–Kier alpha value is -1.13. The highest BCUT2D eigenvalue weighted by molar-refractivity contribution is 6.29. The number of ether oxygens (including phenoxy) is 1. The van der Waals surface area contributed by atoms with Crippen LogP contribution in [0.2, 0.25) is 5.15 Å². The number of nitrogens with zero attached hydrogens (tertiary/aromatic N) is 1. The second-order valence-corrected chi connectivity index (χ2v) is 3.40. The highest BCUT2D eigenvalue weighted by Crippen LogP contribution is 2.10. The Kier molecular flexibility index (Phi) is 4.52. The molecule has 1 rings (SSSR count). The highest BCUT2D eigenvalue weighted by Gasteiger charge is 2.09. The number of pyridine rings is 1. The molecule has 4 nitrogen and oxygen atoms in total. The Labute approximate surface area is 93.6 Å². The standard InChI is InChI=1S/C10H13ClN2O2/c1-7-8(3-4-9(11)13-7)10(14)12-5-6-15-2/h3-4H,5-6H2,1-2H3,(H,12,14). The van der Waals surface area contributed by atoms with Gasteiger partial charge in [0.05, 0.1) is 17.9 Å². The summed E-state index contributed by atoms with van der Waals surface area (Å²) < 4.78 is 4.83. The highest BCUT2D eigenvalue weighted by atomic mass is 35.5. The van der Waals surface area contributed by atoms with Gasteiger partial charge in [0.15, 0.2) is 0 Å². The van der Waals surface area contributed by atoms with E-state index in [4.69, 9.17) is 16.3 Å². The van der Waals surface area contributed by atoms with E-state index in [9.17, 15) is 4.79 Å². The van der Waals surface area contributed by atoms with Crippen LogP contribution in [0.3, 0.4) is 0 Å². The summed E-state index contributed by atoms with van der Waals surface area (Å²) in [6.45, 7) is 2.72. The molecule has 0 aromatic carbocycles. The zero-order chi connectivity index (χ0) is 11.3. The molecule has 0 saturated carbocycles. The molecule has 1 aromatic heterocycles. The molecule has 0 saturated heterocycles. The summed E-state index contributed by atoms with van der Waals surface area (Å²) >= 11 is 5.69. The summed E-state index contributed by atoms with van der Waals surface area (Å²) in [6, 6.07) is 3.26. The summed E-state index contributed by atoms with van der Waals surface area (Å²) in [6.07, 6.45) is 0. The molecule has 82 valence electrons. The first kappa shape index (κ1) is 11.9. The maximum absolute atomic E-state index is 11.6. The largest absolute Gasteiger partial charge is 0.383 e. The van der Waals surface area contributed by atoms with Crippen molar-refractivity contribution in [1.29, 1.82) is 0 Å². The van der Waals surface area contributed by atoms with Crippen LogP contribution in [-0.4, -0.2) is 31.2 Å². The third-order valence-corrected chi connectivity index (χ3v) is 2.10. The number of carbonyl (C=O) groups is 1. The molecule has 0 fully saturated rings. The lowest BCUT2D eigenvalue weighted by atomic mass is 10.2. The molecule has 1 amide bonds. The predicted molar refractivity (Wildman–Crippen MR) is 58.2 cm³/mol. The van der Waals surface area contributed by atoms with Gasteiger partial charge in [0, 0.05) is 13.7 Å². The number of rotatable bonds is 4. The van der Waals surface area contributed by atoms with E-state index in [1.165, 1.54) is 0 Å². The lowest BCUT2D eigenvalue weighted by Crippen LogP contribution is -2.27. The zero-order valence-electron chi connectivity index (χ0n) is 8.71. The first-order valence-corrected chi connectivity index (χ1v) is 4.93. The van der Waals surface area contributed by atoms with Crippen molar-refractivity contribution in [2.75, 3.05) is 20.3 Å². The van der Waals surface area contributed by atoms with Crippen molar-refractivity contribution < 1.29 is 9.53 Å². The minimum absolute atomic E-state index is 0.159. The van der Waals surface area contributed by atoms with Crippen LogP contribution in [0.5, 0.6) is 0 Å². The van der Waals surface area contributed by atoms with Gasteiger partial charge in [-0.1, -0.05) is 11.6 Å². The summed E-state index contributed by atoms with van der Waals surface area (Å²) in [4.78, 5) is 15.6. The first-order chi connectivity index (χ1) is 7.15. The number of aryl methyl sites for hydroxylation is 1. The van der Waals surface area contributed by atoms with Crippen molar-refractivity contribution in [2.45, 2.75) is 6.92 Å². The van der Waals surface area contributed by atoms with E-state index in [1.54, 1.807) is 26.2 Å². The number of aromatic nitrogens is 1. The topological polar surface area (TPSA) is 51.2 Å². The number of hydrogen-bond donors (Lipinski definition) is 1. The van der Waals surface area contributed by atoms with E-state index in [2.05, 4.69) is 10.3 Å². The van der Waals surface area contributed by atoms with E-state index in [-0.39, 0.29) is 5.91 Å². The van der Waals surface area contributed by atoms with Gasteiger partial charge in [-0.05, 0) is 19.1 Å². The number of carbonyl (C=O) groups excluding carboxylic acids is 1. The van der Waals surface area contributed by atoms with Crippen LogP contribution in [0.4, 0.5) is 0 Å². The summed E-state index contributed by atoms with van der Waals surface area (Å²) in [5, 5.41) is 3.10. The fourth-order valence-corrected chi connectivity index (χ4v) is 1.32. The monoisotopic (exact) mass is 228 g/mol. The maximum atomic E-state index is 11.6. The second kappa shape index (κ2) is 5.68. The smallest absolute Gasteiger partial charge is 0.253 e. The van der Waals surface area contributed by atoms with Crippen LogP contribution in [0.15, 0.2) is 12.1 Å². The molecule has 1 aromatic rings. The number of amides is 1. The molecule has 0 aliphatic rings. The van der Waals surface area contributed by atoms with Crippen LogP contribution >= 0.6 is 11.6 Å². The molecule has 0 radical (unpaired) electrons. The normalized spacial score (nSPS) is 10.1. The van der Waals surface area contributed by atoms with Crippen LogP contribution in [0.1, 0.15) is 16.1 Å². The molecule has 1 N–H and O–H groups in total. The fourth-order valence-electron chi connectivity index (χ4n) is 1.13. The van der Waals surface area contributed by atoms with Crippen molar-refractivity contribution in [1.82, 2.24) is 10.3 Å². The zero-order valence-corrected chi connectivity index (χ0v) is 9.47. The molecule has 0 aliphatic heterocycles. The number of hydrogen-bond acceptors (Lipinski definition) is 3. The van der Waals surface area contributed by atoms with Crippen molar-refractivity contribution in [2.24, 2.45) is 0 Å². The third-order valence-electron chi connectivity index (χ3n) is 1.89. The summed E-state index contributed by atoms with van der Waals surface area (Å²) in [5.41, 5.74) is 1.16. The third kappa shape index (κ3) is 3.49. The van der Waals surface area contributed by atoms with Gasteiger partial charge in [0.1, 0.15) is 5.15 Å². The Morgan fingerprint density at radius 3 is 2.93 bits per heavy atom. The van der Waals surface area contributed by atoms with Gasteiger partial charge in [-0.2, -0.15) is 0 Å². The van der Waals surface area contributed by atoms with E-state index >= 15 is 0 Å². The molecule has 1 heterocycles.